The largest absolute Gasteiger partial charge is 0.0651 e. The minimum absolute atomic E-state index is 0.875. The molecule has 0 saturated heterocycles. The van der Waals surface area contributed by atoms with Crippen molar-refractivity contribution in [1.29, 1.82) is 0 Å². The molecule has 0 aliphatic heterocycles. The van der Waals surface area contributed by atoms with Gasteiger partial charge in [-0.25, -0.2) is 0 Å². The van der Waals surface area contributed by atoms with Crippen molar-refractivity contribution in [1.82, 2.24) is 0 Å². The molecule has 0 spiro atoms. The maximum atomic E-state index is 2.56. The van der Waals surface area contributed by atoms with Gasteiger partial charge in [0.2, 0.25) is 0 Å². The molecule has 0 heterocycles. The van der Waals surface area contributed by atoms with Gasteiger partial charge in [0.15, 0.2) is 0 Å². The lowest BCUT2D eigenvalue weighted by atomic mass is 9.52. The Morgan fingerprint density at radius 3 is 2.20 bits per heavy atom. The van der Waals surface area contributed by atoms with Gasteiger partial charge in [0.25, 0.3) is 0 Å². The Morgan fingerprint density at radius 2 is 1.52 bits per heavy atom. The van der Waals surface area contributed by atoms with Crippen LogP contribution in [-0.2, 0) is 0 Å². The van der Waals surface area contributed by atoms with Crippen LogP contribution in [0.2, 0.25) is 0 Å². The zero-order valence-corrected chi connectivity index (χ0v) is 18.1. The van der Waals surface area contributed by atoms with Gasteiger partial charge < -0.3 is 0 Å². The highest BCUT2D eigenvalue weighted by atomic mass is 14.5. The first-order valence-corrected chi connectivity index (χ1v) is 11.9. The van der Waals surface area contributed by atoms with Crippen molar-refractivity contribution < 1.29 is 0 Å². The number of hydrogen-bond donors (Lipinski definition) is 0. The summed E-state index contributed by atoms with van der Waals surface area (Å²) in [5, 5.41) is 0. The van der Waals surface area contributed by atoms with Crippen LogP contribution in [0.1, 0.15) is 99.3 Å². The molecule has 0 bridgehead atoms. The van der Waals surface area contributed by atoms with E-state index in [4.69, 9.17) is 0 Å². The number of hydrogen-bond acceptors (Lipinski definition) is 0. The summed E-state index contributed by atoms with van der Waals surface area (Å²) < 4.78 is 0. The maximum Gasteiger partial charge on any atom is -0.0352 e. The molecular formula is C25H46. The van der Waals surface area contributed by atoms with Crippen molar-refractivity contribution in [2.24, 2.45) is 59.2 Å². The Morgan fingerprint density at radius 1 is 0.800 bits per heavy atom. The Balaban J connectivity index is 1.50. The van der Waals surface area contributed by atoms with E-state index in [2.05, 4.69) is 41.5 Å². The van der Waals surface area contributed by atoms with Gasteiger partial charge in [-0.2, -0.15) is 0 Å². The van der Waals surface area contributed by atoms with Gasteiger partial charge in [-0.3, -0.25) is 0 Å². The molecule has 25 heavy (non-hydrogen) atoms. The molecule has 0 N–H and O–H groups in total. The number of fused-ring (bicyclic) bond motifs is 1. The molecule has 146 valence electrons. The summed E-state index contributed by atoms with van der Waals surface area (Å²) in [6.07, 6.45) is 13.7. The summed E-state index contributed by atoms with van der Waals surface area (Å²) in [5.41, 5.74) is 0. The second kappa shape index (κ2) is 8.35. The molecule has 3 rings (SSSR count). The second-order valence-electron chi connectivity index (χ2n) is 10.9. The monoisotopic (exact) mass is 346 g/mol. The third-order valence-corrected chi connectivity index (χ3v) is 9.53. The molecule has 3 fully saturated rings. The molecule has 0 aromatic carbocycles. The van der Waals surface area contributed by atoms with Crippen LogP contribution in [0.4, 0.5) is 0 Å². The lowest BCUT2D eigenvalue weighted by molar-refractivity contribution is -0.0413. The second-order valence-corrected chi connectivity index (χ2v) is 10.9. The predicted octanol–water partition coefficient (Wildman–Crippen LogP) is 7.82. The van der Waals surface area contributed by atoms with Gasteiger partial charge in [0.05, 0.1) is 0 Å². The molecule has 0 amide bonds. The van der Waals surface area contributed by atoms with Crippen LogP contribution >= 0.6 is 0 Å². The lowest BCUT2D eigenvalue weighted by Crippen LogP contribution is -2.45. The van der Waals surface area contributed by atoms with Crippen molar-refractivity contribution in [2.75, 3.05) is 0 Å². The molecule has 3 aliphatic rings. The van der Waals surface area contributed by atoms with E-state index in [-0.39, 0.29) is 0 Å². The third kappa shape index (κ3) is 4.14. The van der Waals surface area contributed by atoms with Gasteiger partial charge in [0, 0.05) is 0 Å². The molecule has 3 saturated carbocycles. The van der Waals surface area contributed by atoms with Crippen LogP contribution in [-0.4, -0.2) is 0 Å². The summed E-state index contributed by atoms with van der Waals surface area (Å²) in [7, 11) is 0. The first-order valence-electron chi connectivity index (χ1n) is 11.9. The Hall–Kier alpha value is 0. The minimum atomic E-state index is 0.875. The van der Waals surface area contributed by atoms with Gasteiger partial charge in [-0.1, -0.05) is 60.8 Å². The van der Waals surface area contributed by atoms with Crippen LogP contribution < -0.4 is 0 Å². The topological polar surface area (TPSA) is 0 Å². The fraction of sp³-hybridized carbons (Fsp3) is 1.00. The van der Waals surface area contributed by atoms with E-state index in [0.29, 0.717) is 0 Å². The fourth-order valence-electron chi connectivity index (χ4n) is 7.27. The molecule has 9 unspecified atom stereocenters. The van der Waals surface area contributed by atoms with Crippen LogP contribution in [0.5, 0.6) is 0 Å². The molecular weight excluding hydrogens is 300 g/mol. The van der Waals surface area contributed by atoms with E-state index >= 15 is 0 Å². The van der Waals surface area contributed by atoms with Gasteiger partial charge >= 0.3 is 0 Å². The highest BCUT2D eigenvalue weighted by molar-refractivity contribution is 4.97. The van der Waals surface area contributed by atoms with E-state index in [0.717, 1.165) is 59.2 Å². The average molecular weight is 347 g/mol. The van der Waals surface area contributed by atoms with Crippen LogP contribution in [0.15, 0.2) is 0 Å². The highest BCUT2D eigenvalue weighted by Crippen LogP contribution is 2.56. The van der Waals surface area contributed by atoms with Crippen LogP contribution in [0.25, 0.3) is 0 Å². The summed E-state index contributed by atoms with van der Waals surface area (Å²) in [6, 6.07) is 0. The fourth-order valence-corrected chi connectivity index (χ4v) is 7.27. The zero-order valence-electron chi connectivity index (χ0n) is 18.1. The van der Waals surface area contributed by atoms with Crippen molar-refractivity contribution >= 4 is 0 Å². The van der Waals surface area contributed by atoms with Gasteiger partial charge in [-0.05, 0) is 97.7 Å². The molecule has 0 aromatic rings. The summed E-state index contributed by atoms with van der Waals surface area (Å²) in [5.74, 6) is 10.2. The molecule has 0 radical (unpaired) electrons. The maximum absolute atomic E-state index is 2.56. The zero-order chi connectivity index (χ0) is 18.1. The quantitative estimate of drug-likeness (QED) is 0.441. The molecule has 9 atom stereocenters. The number of rotatable bonds is 7. The smallest absolute Gasteiger partial charge is 0.0352 e. The lowest BCUT2D eigenvalue weighted by Gasteiger charge is -2.54. The molecule has 0 aromatic heterocycles. The van der Waals surface area contributed by atoms with E-state index in [9.17, 15) is 0 Å². The Kier molecular flexibility index (Phi) is 6.60. The third-order valence-electron chi connectivity index (χ3n) is 9.53. The average Bonchev–Trinajstić information content (AvgIpc) is 2.90. The van der Waals surface area contributed by atoms with Crippen LogP contribution in [0.3, 0.4) is 0 Å². The normalized spacial score (nSPS) is 45.2. The molecule has 0 heteroatoms. The summed E-state index contributed by atoms with van der Waals surface area (Å²) in [6.45, 7) is 14.9. The van der Waals surface area contributed by atoms with E-state index < -0.39 is 0 Å². The molecule has 3 aliphatic carbocycles. The van der Waals surface area contributed by atoms with Crippen LogP contribution in [0, 0.1) is 59.2 Å². The summed E-state index contributed by atoms with van der Waals surface area (Å²) >= 11 is 0. The van der Waals surface area contributed by atoms with Crippen molar-refractivity contribution in [3.63, 3.8) is 0 Å². The van der Waals surface area contributed by atoms with Crippen molar-refractivity contribution in [3.05, 3.63) is 0 Å². The van der Waals surface area contributed by atoms with E-state index in [1.165, 1.54) is 32.1 Å². The first kappa shape index (κ1) is 19.8. The standard InChI is InChI=1S/C25H46/c1-7-20(16(2)3)14-21-10-8-18(5)23(21)13-11-22-15-25-19(6)17(4)9-12-24(22)25/h16-25H,7-15H2,1-6H3. The predicted molar refractivity (Wildman–Crippen MR) is 110 cm³/mol. The SMILES string of the molecule is CCC(CC1CCC(C)C1CCC1CC2C(C)C(C)CCC12)C(C)C. The van der Waals surface area contributed by atoms with Crippen molar-refractivity contribution in [3.8, 4) is 0 Å². The first-order chi connectivity index (χ1) is 11.9. The Labute approximate surface area is 158 Å². The van der Waals surface area contributed by atoms with Gasteiger partial charge in [0.1, 0.15) is 0 Å². The summed E-state index contributed by atoms with van der Waals surface area (Å²) in [4.78, 5) is 0. The highest BCUT2D eigenvalue weighted by Gasteiger charge is 2.47. The Bertz CT molecular complexity index is 410. The minimum Gasteiger partial charge on any atom is -0.0651 e. The van der Waals surface area contributed by atoms with E-state index in [1.807, 2.05) is 0 Å². The van der Waals surface area contributed by atoms with E-state index in [1.54, 1.807) is 25.7 Å². The van der Waals surface area contributed by atoms with Gasteiger partial charge in [-0.15, -0.1) is 0 Å². The van der Waals surface area contributed by atoms with Crippen molar-refractivity contribution in [2.45, 2.75) is 99.3 Å². The molecule has 0 nitrogen and oxygen atoms in total.